The Balaban J connectivity index is 1.54. The normalized spacial score (nSPS) is 11.1. The van der Waals surface area contributed by atoms with Crippen LogP contribution in [0.2, 0.25) is 0 Å². The van der Waals surface area contributed by atoms with Crippen molar-refractivity contribution in [2.45, 2.75) is 19.6 Å². The second kappa shape index (κ2) is 11.8. The number of hydrogen-bond acceptors (Lipinski definition) is 5. The Morgan fingerprint density at radius 3 is 1.94 bits per heavy atom. The molecule has 0 amide bonds. The van der Waals surface area contributed by atoms with Crippen molar-refractivity contribution in [3.63, 3.8) is 0 Å². The number of phenolic OH excluding ortho intramolecular Hbond substituents is 3. The zero-order valence-electron chi connectivity index (χ0n) is 19.3. The molecule has 4 rings (SSSR count). The highest BCUT2D eigenvalue weighted by Crippen LogP contribution is 2.46. The van der Waals surface area contributed by atoms with Crippen LogP contribution in [-0.4, -0.2) is 21.9 Å². The number of hydrogen-bond donors (Lipinski definition) is 3. The molecule has 0 aromatic heterocycles. The average molecular weight is 469 g/mol. The van der Waals surface area contributed by atoms with Crippen molar-refractivity contribution in [1.82, 2.24) is 0 Å². The van der Waals surface area contributed by atoms with Crippen LogP contribution in [0.5, 0.6) is 23.0 Å². The Labute approximate surface area is 205 Å². The van der Waals surface area contributed by atoms with Gasteiger partial charge >= 0.3 is 0 Å². The number of benzene rings is 4. The van der Waals surface area contributed by atoms with E-state index in [2.05, 4.69) is 0 Å². The molecule has 178 valence electrons. The van der Waals surface area contributed by atoms with E-state index in [0.29, 0.717) is 48.7 Å². The summed E-state index contributed by atoms with van der Waals surface area (Å²) in [5.41, 5.74) is 3.08. The molecule has 0 atom stereocenters. The van der Waals surface area contributed by atoms with Crippen LogP contribution in [0.15, 0.2) is 97.1 Å². The quantitative estimate of drug-likeness (QED) is 0.179. The van der Waals surface area contributed by atoms with Crippen molar-refractivity contribution in [3.05, 3.63) is 114 Å². The van der Waals surface area contributed by atoms with E-state index in [9.17, 15) is 15.3 Å². The summed E-state index contributed by atoms with van der Waals surface area (Å²) < 4.78 is 11.7. The topological polar surface area (TPSA) is 79.2 Å². The molecule has 0 radical (unpaired) electrons. The molecule has 0 aliphatic heterocycles. The Kier molecular flexibility index (Phi) is 8.04. The van der Waals surface area contributed by atoms with Gasteiger partial charge in [-0.05, 0) is 41.8 Å². The van der Waals surface area contributed by atoms with Crippen LogP contribution in [0.25, 0.3) is 17.2 Å². The van der Waals surface area contributed by atoms with Crippen molar-refractivity contribution >= 4 is 6.08 Å². The van der Waals surface area contributed by atoms with Crippen LogP contribution in [0.3, 0.4) is 0 Å². The molecule has 5 heteroatoms. The zero-order valence-corrected chi connectivity index (χ0v) is 19.3. The van der Waals surface area contributed by atoms with Gasteiger partial charge in [-0.1, -0.05) is 78.9 Å². The summed E-state index contributed by atoms with van der Waals surface area (Å²) >= 11 is 0. The molecule has 4 aromatic carbocycles. The van der Waals surface area contributed by atoms with Crippen molar-refractivity contribution in [1.29, 1.82) is 0 Å². The van der Waals surface area contributed by atoms with Crippen molar-refractivity contribution < 1.29 is 24.8 Å². The molecule has 0 aliphatic carbocycles. The minimum atomic E-state index is -0.0751. The fraction of sp³-hybridized carbons (Fsp3) is 0.133. The first-order valence-corrected chi connectivity index (χ1v) is 11.5. The lowest BCUT2D eigenvalue weighted by atomic mass is 9.95. The molecule has 0 spiro atoms. The second-order valence-electron chi connectivity index (χ2n) is 8.05. The number of ether oxygens (including phenoxy) is 2. The van der Waals surface area contributed by atoms with Crippen LogP contribution in [0.4, 0.5) is 0 Å². The monoisotopic (exact) mass is 468 g/mol. The van der Waals surface area contributed by atoms with Gasteiger partial charge in [-0.25, -0.2) is 0 Å². The largest absolute Gasteiger partial charge is 0.507 e. The molecule has 4 aromatic rings. The minimum Gasteiger partial charge on any atom is -0.507 e. The lowest BCUT2D eigenvalue weighted by Gasteiger charge is -2.17. The van der Waals surface area contributed by atoms with Crippen LogP contribution in [-0.2, 0) is 18.0 Å². The molecule has 3 N–H and O–H groups in total. The van der Waals surface area contributed by atoms with Gasteiger partial charge < -0.3 is 24.8 Å². The summed E-state index contributed by atoms with van der Waals surface area (Å²) in [5.74, 6) is 0.248. The fourth-order valence-electron chi connectivity index (χ4n) is 3.77. The predicted molar refractivity (Wildman–Crippen MR) is 137 cm³/mol. The number of phenols is 3. The maximum absolute atomic E-state index is 10.7. The standard InChI is InChI=1S/C30H28O5/c31-25-17-18-27(33)29(24(25)14-7-8-19-34-20-22-10-3-1-4-11-22)30-26(32)15-9-16-28(30)35-21-23-12-5-2-6-13-23/h1-7,9-18,31-33H,8,19-21H2. The molecule has 0 saturated carbocycles. The maximum Gasteiger partial charge on any atom is 0.131 e. The smallest absolute Gasteiger partial charge is 0.131 e. The summed E-state index contributed by atoms with van der Waals surface area (Å²) in [6, 6.07) is 27.4. The number of aromatic hydroxyl groups is 3. The highest BCUT2D eigenvalue weighted by atomic mass is 16.5. The first kappa shape index (κ1) is 23.9. The van der Waals surface area contributed by atoms with Gasteiger partial charge in [-0.3, -0.25) is 0 Å². The SMILES string of the molecule is Oc1ccc(O)c(-c2c(O)cccc2OCc2ccccc2)c1C=CCCOCc1ccccc1. The highest BCUT2D eigenvalue weighted by molar-refractivity contribution is 5.89. The van der Waals surface area contributed by atoms with E-state index in [1.807, 2.05) is 66.7 Å². The number of rotatable bonds is 10. The Bertz CT molecular complexity index is 1270. The summed E-state index contributed by atoms with van der Waals surface area (Å²) in [7, 11) is 0. The Hall–Kier alpha value is -4.22. The lowest BCUT2D eigenvalue weighted by molar-refractivity contribution is 0.125. The molecule has 0 fully saturated rings. The molecule has 0 saturated heterocycles. The predicted octanol–water partition coefficient (Wildman–Crippen LogP) is 6.67. The van der Waals surface area contributed by atoms with Gasteiger partial charge in [0.05, 0.1) is 18.8 Å². The highest BCUT2D eigenvalue weighted by Gasteiger charge is 2.20. The first-order chi connectivity index (χ1) is 17.1. The third-order valence-electron chi connectivity index (χ3n) is 5.52. The van der Waals surface area contributed by atoms with Gasteiger partial charge in [0.25, 0.3) is 0 Å². The first-order valence-electron chi connectivity index (χ1n) is 11.5. The molecule has 0 aliphatic rings. The summed E-state index contributed by atoms with van der Waals surface area (Å²) in [6.07, 6.45) is 4.21. The summed E-state index contributed by atoms with van der Waals surface area (Å²) in [5, 5.41) is 32.1. The van der Waals surface area contributed by atoms with E-state index in [-0.39, 0.29) is 17.2 Å². The van der Waals surface area contributed by atoms with Gasteiger partial charge in [0, 0.05) is 11.1 Å². The molecule has 0 unspecified atom stereocenters. The molecular formula is C30H28O5. The van der Waals surface area contributed by atoms with E-state index in [0.717, 1.165) is 11.1 Å². The van der Waals surface area contributed by atoms with Gasteiger partial charge in [0.2, 0.25) is 0 Å². The third kappa shape index (κ3) is 6.22. The summed E-state index contributed by atoms with van der Waals surface area (Å²) in [6.45, 7) is 1.32. The molecule has 0 heterocycles. The van der Waals surface area contributed by atoms with Gasteiger partial charge in [0.1, 0.15) is 29.6 Å². The van der Waals surface area contributed by atoms with E-state index < -0.39 is 0 Å². The third-order valence-corrected chi connectivity index (χ3v) is 5.52. The van der Waals surface area contributed by atoms with E-state index in [1.165, 1.54) is 18.2 Å². The van der Waals surface area contributed by atoms with Gasteiger partial charge in [0.15, 0.2) is 0 Å². The molecule has 0 bridgehead atoms. The van der Waals surface area contributed by atoms with Crippen LogP contribution in [0.1, 0.15) is 23.1 Å². The summed E-state index contributed by atoms with van der Waals surface area (Å²) in [4.78, 5) is 0. The van der Waals surface area contributed by atoms with Crippen molar-refractivity contribution in [2.24, 2.45) is 0 Å². The maximum atomic E-state index is 10.7. The molecular weight excluding hydrogens is 440 g/mol. The minimum absolute atomic E-state index is 0.0171. The fourth-order valence-corrected chi connectivity index (χ4v) is 3.77. The molecule has 5 nitrogen and oxygen atoms in total. The van der Waals surface area contributed by atoms with Gasteiger partial charge in [-0.15, -0.1) is 0 Å². The molecule has 35 heavy (non-hydrogen) atoms. The Morgan fingerprint density at radius 2 is 1.23 bits per heavy atom. The zero-order chi connectivity index (χ0) is 24.5. The van der Waals surface area contributed by atoms with Crippen LogP contribution >= 0.6 is 0 Å². The second-order valence-corrected chi connectivity index (χ2v) is 8.05. The van der Waals surface area contributed by atoms with Crippen molar-refractivity contribution in [3.8, 4) is 34.1 Å². The Morgan fingerprint density at radius 1 is 0.600 bits per heavy atom. The van der Waals surface area contributed by atoms with Crippen LogP contribution < -0.4 is 4.74 Å². The van der Waals surface area contributed by atoms with Gasteiger partial charge in [-0.2, -0.15) is 0 Å². The van der Waals surface area contributed by atoms with E-state index >= 15 is 0 Å². The average Bonchev–Trinajstić information content (AvgIpc) is 2.88. The van der Waals surface area contributed by atoms with E-state index in [4.69, 9.17) is 9.47 Å². The van der Waals surface area contributed by atoms with Crippen LogP contribution in [0, 0.1) is 0 Å². The van der Waals surface area contributed by atoms with Crippen molar-refractivity contribution in [2.75, 3.05) is 6.61 Å². The lowest BCUT2D eigenvalue weighted by Crippen LogP contribution is -1.98. The van der Waals surface area contributed by atoms with E-state index in [1.54, 1.807) is 18.2 Å².